The quantitative estimate of drug-likeness (QED) is 0.319. The van der Waals surface area contributed by atoms with Crippen molar-refractivity contribution in [1.82, 2.24) is 5.01 Å². The molecule has 0 aliphatic heterocycles. The first kappa shape index (κ1) is 24.7. The highest BCUT2D eigenvalue weighted by Crippen LogP contribution is 2.35. The average molecular weight is 458 g/mol. The number of imide groups is 1. The van der Waals surface area contributed by atoms with Gasteiger partial charge in [0.15, 0.2) is 0 Å². The molecule has 0 fully saturated rings. The largest absolute Gasteiger partial charge is 0.417 e. The van der Waals surface area contributed by atoms with Crippen LogP contribution in [0.4, 0.5) is 32.0 Å². The summed E-state index contributed by atoms with van der Waals surface area (Å²) in [6, 6.07) is 9.10. The third-order valence-corrected chi connectivity index (χ3v) is 4.24. The van der Waals surface area contributed by atoms with Gasteiger partial charge in [0, 0.05) is 11.3 Å². The molecule has 32 heavy (non-hydrogen) atoms. The Labute approximate surface area is 178 Å². The third-order valence-electron chi connectivity index (χ3n) is 4.24. The molecule has 2 N–H and O–H groups in total. The lowest BCUT2D eigenvalue weighted by atomic mass is 10.1. The SMILES string of the molecule is Cc1cccc(C(=O)N(N)C(=O)CN(CC(F)(F)F)c2ccc(C#N)c(C(F)(F)F)c2)c1. The van der Waals surface area contributed by atoms with E-state index in [-0.39, 0.29) is 10.6 Å². The molecule has 0 atom stereocenters. The molecule has 0 bridgehead atoms. The van der Waals surface area contributed by atoms with Gasteiger partial charge in [-0.2, -0.15) is 31.6 Å². The Kier molecular flexibility index (Phi) is 7.15. The fourth-order valence-corrected chi connectivity index (χ4v) is 2.79. The molecule has 0 heterocycles. The monoisotopic (exact) mass is 458 g/mol. The van der Waals surface area contributed by atoms with E-state index in [2.05, 4.69) is 0 Å². The van der Waals surface area contributed by atoms with Crippen LogP contribution in [0.25, 0.3) is 0 Å². The van der Waals surface area contributed by atoms with Crippen molar-refractivity contribution in [2.24, 2.45) is 5.84 Å². The van der Waals surface area contributed by atoms with Crippen LogP contribution in [-0.2, 0) is 11.0 Å². The summed E-state index contributed by atoms with van der Waals surface area (Å²) in [6.07, 6.45) is -9.91. The fourth-order valence-electron chi connectivity index (χ4n) is 2.79. The fraction of sp³-hybridized carbons (Fsp3) is 0.250. The summed E-state index contributed by atoms with van der Waals surface area (Å²) < 4.78 is 78.8. The summed E-state index contributed by atoms with van der Waals surface area (Å²) in [6.45, 7) is -1.28. The first-order valence-electron chi connectivity index (χ1n) is 8.84. The number of nitrogens with two attached hydrogens (primary N) is 1. The molecule has 0 unspecified atom stereocenters. The van der Waals surface area contributed by atoms with Gasteiger partial charge in [0.25, 0.3) is 11.8 Å². The van der Waals surface area contributed by atoms with Gasteiger partial charge in [-0.15, -0.1) is 0 Å². The summed E-state index contributed by atoms with van der Waals surface area (Å²) in [5, 5.41) is 8.95. The number of anilines is 1. The van der Waals surface area contributed by atoms with E-state index < -0.39 is 54.1 Å². The van der Waals surface area contributed by atoms with Crippen LogP contribution >= 0.6 is 0 Å². The van der Waals surface area contributed by atoms with E-state index in [1.54, 1.807) is 13.0 Å². The van der Waals surface area contributed by atoms with Crippen LogP contribution in [0.2, 0.25) is 0 Å². The molecule has 0 saturated heterocycles. The number of aryl methyl sites for hydroxylation is 1. The zero-order valence-electron chi connectivity index (χ0n) is 16.5. The average Bonchev–Trinajstić information content (AvgIpc) is 2.70. The van der Waals surface area contributed by atoms with E-state index in [1.807, 2.05) is 0 Å². The van der Waals surface area contributed by atoms with Crippen molar-refractivity contribution in [3.63, 3.8) is 0 Å². The minimum absolute atomic E-state index is 0.000882. The molecule has 2 aromatic rings. The Morgan fingerprint density at radius 3 is 2.25 bits per heavy atom. The van der Waals surface area contributed by atoms with Gasteiger partial charge in [-0.1, -0.05) is 17.7 Å². The second kappa shape index (κ2) is 9.27. The predicted octanol–water partition coefficient (Wildman–Crippen LogP) is 3.80. The molecule has 0 radical (unpaired) electrons. The molecule has 2 amide bonds. The van der Waals surface area contributed by atoms with Crippen molar-refractivity contribution in [3.8, 4) is 6.07 Å². The van der Waals surface area contributed by atoms with Crippen LogP contribution in [0.3, 0.4) is 0 Å². The smallest absolute Gasteiger partial charge is 0.353 e. The van der Waals surface area contributed by atoms with Crippen LogP contribution in [-0.4, -0.2) is 36.1 Å². The molecule has 2 rings (SSSR count). The second-order valence-electron chi connectivity index (χ2n) is 6.75. The highest BCUT2D eigenvalue weighted by atomic mass is 19.4. The number of hydrazine groups is 1. The Morgan fingerprint density at radius 1 is 1.06 bits per heavy atom. The number of amides is 2. The van der Waals surface area contributed by atoms with Crippen molar-refractivity contribution in [2.45, 2.75) is 19.3 Å². The van der Waals surface area contributed by atoms with Crippen molar-refractivity contribution in [3.05, 3.63) is 64.7 Å². The maximum Gasteiger partial charge on any atom is 0.417 e. The van der Waals surface area contributed by atoms with E-state index >= 15 is 0 Å². The standard InChI is InChI=1S/C20H16F6N4O2/c1-12-3-2-4-13(7-12)18(32)30(28)17(31)10-29(11-19(21,22)23)15-6-5-14(9-27)16(8-15)20(24,25)26/h2-8H,10-11,28H2,1H3. The number of benzene rings is 2. The molecule has 170 valence electrons. The summed E-state index contributed by atoms with van der Waals surface area (Å²) in [4.78, 5) is 25.1. The van der Waals surface area contributed by atoms with Gasteiger partial charge in [-0.05, 0) is 37.3 Å². The maximum absolute atomic E-state index is 13.2. The van der Waals surface area contributed by atoms with Gasteiger partial charge < -0.3 is 4.90 Å². The predicted molar refractivity (Wildman–Crippen MR) is 101 cm³/mol. The van der Waals surface area contributed by atoms with Gasteiger partial charge in [0.2, 0.25) is 0 Å². The molecule has 0 saturated carbocycles. The van der Waals surface area contributed by atoms with E-state index in [0.29, 0.717) is 22.6 Å². The number of carbonyl (C=O) groups is 2. The molecule has 0 spiro atoms. The molecule has 6 nitrogen and oxygen atoms in total. The zero-order valence-corrected chi connectivity index (χ0v) is 16.5. The number of carbonyl (C=O) groups excluding carboxylic acids is 2. The van der Waals surface area contributed by atoms with E-state index in [4.69, 9.17) is 11.1 Å². The highest BCUT2D eigenvalue weighted by molar-refractivity contribution is 6.05. The lowest BCUT2D eigenvalue weighted by Gasteiger charge is -2.27. The summed E-state index contributed by atoms with van der Waals surface area (Å²) in [7, 11) is 0. The van der Waals surface area contributed by atoms with Gasteiger partial charge in [0.05, 0.1) is 23.7 Å². The molecule has 0 aliphatic rings. The number of hydrogen-bond donors (Lipinski definition) is 1. The van der Waals surface area contributed by atoms with Crippen molar-refractivity contribution < 1.29 is 35.9 Å². The Morgan fingerprint density at radius 2 is 1.72 bits per heavy atom. The van der Waals surface area contributed by atoms with Crippen LogP contribution in [0.15, 0.2) is 42.5 Å². The van der Waals surface area contributed by atoms with Gasteiger partial charge in [-0.25, -0.2) is 10.9 Å². The molecular formula is C20H16F6N4O2. The summed E-state index contributed by atoms with van der Waals surface area (Å²) in [5.41, 5.74) is -2.22. The van der Waals surface area contributed by atoms with E-state index in [9.17, 15) is 35.9 Å². The van der Waals surface area contributed by atoms with Crippen LogP contribution in [0.5, 0.6) is 0 Å². The highest BCUT2D eigenvalue weighted by Gasteiger charge is 2.37. The molecule has 0 aliphatic carbocycles. The van der Waals surface area contributed by atoms with E-state index in [0.717, 1.165) is 6.07 Å². The normalized spacial score (nSPS) is 11.6. The minimum atomic E-state index is -5.02. The topological polar surface area (TPSA) is 90.4 Å². The Bertz CT molecular complexity index is 1060. The number of hydrogen-bond acceptors (Lipinski definition) is 5. The van der Waals surface area contributed by atoms with Crippen molar-refractivity contribution >= 4 is 17.5 Å². The van der Waals surface area contributed by atoms with E-state index in [1.165, 1.54) is 24.3 Å². The van der Waals surface area contributed by atoms with Gasteiger partial charge >= 0.3 is 12.4 Å². The number of halogens is 6. The molecule has 0 aromatic heterocycles. The zero-order chi connectivity index (χ0) is 24.3. The minimum Gasteiger partial charge on any atom is -0.353 e. The first-order chi connectivity index (χ1) is 14.7. The maximum atomic E-state index is 13.2. The van der Waals surface area contributed by atoms with Crippen LogP contribution < -0.4 is 10.7 Å². The van der Waals surface area contributed by atoms with Gasteiger partial charge in [0.1, 0.15) is 6.54 Å². The van der Waals surface area contributed by atoms with Crippen LogP contribution in [0, 0.1) is 18.3 Å². The van der Waals surface area contributed by atoms with Crippen molar-refractivity contribution in [1.29, 1.82) is 5.26 Å². The lowest BCUT2D eigenvalue weighted by molar-refractivity contribution is -0.137. The summed E-state index contributed by atoms with van der Waals surface area (Å²) >= 11 is 0. The number of nitrogens with zero attached hydrogens (tertiary/aromatic N) is 3. The third kappa shape index (κ3) is 6.21. The van der Waals surface area contributed by atoms with Crippen molar-refractivity contribution in [2.75, 3.05) is 18.0 Å². The molecule has 12 heteroatoms. The number of alkyl halides is 6. The van der Waals surface area contributed by atoms with Crippen LogP contribution in [0.1, 0.15) is 27.0 Å². The Balaban J connectivity index is 2.37. The number of rotatable bonds is 5. The Hall–Kier alpha value is -3.59. The summed E-state index contributed by atoms with van der Waals surface area (Å²) in [5.74, 6) is 3.20. The molecular weight excluding hydrogens is 442 g/mol. The second-order valence-corrected chi connectivity index (χ2v) is 6.75. The first-order valence-corrected chi connectivity index (χ1v) is 8.84. The van der Waals surface area contributed by atoms with Gasteiger partial charge in [-0.3, -0.25) is 9.59 Å². The number of nitriles is 1. The lowest BCUT2D eigenvalue weighted by Crippen LogP contribution is -2.49. The molecule has 2 aromatic carbocycles.